The molecule has 1 aliphatic rings. The molecule has 0 N–H and O–H groups in total. The van der Waals surface area contributed by atoms with E-state index in [1.54, 1.807) is 0 Å². The van der Waals surface area contributed by atoms with Gasteiger partial charge in [0.15, 0.2) is 0 Å². The normalized spacial score (nSPS) is 18.6. The van der Waals surface area contributed by atoms with Crippen molar-refractivity contribution in [3.8, 4) is 0 Å². The van der Waals surface area contributed by atoms with Crippen LogP contribution in [0.2, 0.25) is 0 Å². The van der Waals surface area contributed by atoms with Crippen molar-refractivity contribution in [1.29, 1.82) is 0 Å². The first-order valence-corrected chi connectivity index (χ1v) is 4.77. The fourth-order valence-electron chi connectivity index (χ4n) is 1.27. The molecule has 0 nitrogen and oxygen atoms in total. The number of hydrogen-bond acceptors (Lipinski definition) is 1. The van der Waals surface area contributed by atoms with Crippen molar-refractivity contribution in [3.63, 3.8) is 0 Å². The van der Waals surface area contributed by atoms with E-state index < -0.39 is 0 Å². The van der Waals surface area contributed by atoms with Crippen LogP contribution >= 0.6 is 12.6 Å². The summed E-state index contributed by atoms with van der Waals surface area (Å²) in [5, 5.41) is 0. The summed E-state index contributed by atoms with van der Waals surface area (Å²) in [4.78, 5) is 1.18. The van der Waals surface area contributed by atoms with E-state index in [-0.39, 0.29) is 0 Å². The molecule has 0 aliphatic heterocycles. The number of thiol groups is 1. The Bertz CT molecular complexity index is 246. The summed E-state index contributed by atoms with van der Waals surface area (Å²) in [6.07, 6.45) is 6.45. The molecule has 0 aromatic carbocycles. The van der Waals surface area contributed by atoms with Crippen molar-refractivity contribution in [2.75, 3.05) is 0 Å². The summed E-state index contributed by atoms with van der Waals surface area (Å²) < 4.78 is 0. The van der Waals surface area contributed by atoms with Gasteiger partial charge in [0.1, 0.15) is 0 Å². The molecule has 0 saturated carbocycles. The third kappa shape index (κ3) is 2.56. The third-order valence-electron chi connectivity index (χ3n) is 2.33. The Kier molecular flexibility index (Phi) is 3.21. The van der Waals surface area contributed by atoms with Gasteiger partial charge in [-0.15, -0.1) is 12.6 Å². The Morgan fingerprint density at radius 3 is 2.75 bits per heavy atom. The average Bonchev–Trinajstić information content (AvgIpc) is 2.35. The van der Waals surface area contributed by atoms with Crippen LogP contribution in [-0.2, 0) is 0 Å². The molecule has 1 heteroatoms. The predicted octanol–water partition coefficient (Wildman–Crippen LogP) is 3.73. The van der Waals surface area contributed by atoms with E-state index in [0.717, 1.165) is 12.8 Å². The van der Waals surface area contributed by atoms with Crippen LogP contribution in [0.5, 0.6) is 0 Å². The smallest absolute Gasteiger partial charge is 0.000618 e. The summed E-state index contributed by atoms with van der Waals surface area (Å²) >= 11 is 4.31. The van der Waals surface area contributed by atoms with E-state index in [2.05, 4.69) is 45.2 Å². The van der Waals surface area contributed by atoms with Crippen molar-refractivity contribution < 1.29 is 0 Å². The molecule has 0 amide bonds. The van der Waals surface area contributed by atoms with Crippen LogP contribution in [0.3, 0.4) is 0 Å². The summed E-state index contributed by atoms with van der Waals surface area (Å²) in [7, 11) is 0. The van der Waals surface area contributed by atoms with Crippen LogP contribution in [0.25, 0.3) is 0 Å². The standard InChI is InChI=1S/C11H16S/c1-8(2)9(3)6-10-4-5-11(12)7-10/h4-5,9,12H,1,6-7H2,2-3H3. The Labute approximate surface area is 80.5 Å². The fraction of sp³-hybridized carbons (Fsp3) is 0.455. The molecule has 1 unspecified atom stereocenters. The highest BCUT2D eigenvalue weighted by Gasteiger charge is 2.09. The Morgan fingerprint density at radius 1 is 1.67 bits per heavy atom. The van der Waals surface area contributed by atoms with Crippen LogP contribution in [0.15, 0.2) is 34.8 Å². The molecular formula is C11H16S. The molecule has 12 heavy (non-hydrogen) atoms. The van der Waals surface area contributed by atoms with Crippen LogP contribution in [0.1, 0.15) is 26.7 Å². The summed E-state index contributed by atoms with van der Waals surface area (Å²) in [5.41, 5.74) is 2.75. The molecule has 0 aromatic heterocycles. The van der Waals surface area contributed by atoms with E-state index >= 15 is 0 Å². The molecule has 0 aromatic rings. The third-order valence-corrected chi connectivity index (χ3v) is 2.64. The first kappa shape index (κ1) is 9.66. The number of hydrogen-bond donors (Lipinski definition) is 1. The lowest BCUT2D eigenvalue weighted by atomic mass is 9.95. The molecule has 0 fully saturated rings. The van der Waals surface area contributed by atoms with Crippen molar-refractivity contribution in [2.24, 2.45) is 5.92 Å². The molecule has 0 saturated heterocycles. The largest absolute Gasteiger partial charge is 0.148 e. The molecule has 0 heterocycles. The second-order valence-corrected chi connectivity index (χ2v) is 4.19. The maximum Gasteiger partial charge on any atom is -0.000618 e. The van der Waals surface area contributed by atoms with Gasteiger partial charge in [0.05, 0.1) is 0 Å². The summed E-state index contributed by atoms with van der Waals surface area (Å²) in [6, 6.07) is 0. The zero-order valence-corrected chi connectivity index (χ0v) is 8.70. The minimum Gasteiger partial charge on any atom is -0.148 e. The highest BCUT2D eigenvalue weighted by Crippen LogP contribution is 2.28. The SMILES string of the molecule is C=C(C)C(C)CC1=CC=C(S)C1. The van der Waals surface area contributed by atoms with Gasteiger partial charge in [-0.1, -0.05) is 36.8 Å². The molecule has 0 spiro atoms. The van der Waals surface area contributed by atoms with Gasteiger partial charge in [0.2, 0.25) is 0 Å². The molecule has 66 valence electrons. The van der Waals surface area contributed by atoms with Crippen molar-refractivity contribution in [2.45, 2.75) is 26.7 Å². The van der Waals surface area contributed by atoms with Crippen LogP contribution in [0.4, 0.5) is 0 Å². The molecule has 0 bridgehead atoms. The summed E-state index contributed by atoms with van der Waals surface area (Å²) in [5.74, 6) is 0.601. The van der Waals surface area contributed by atoms with Gasteiger partial charge in [-0.05, 0) is 30.6 Å². The van der Waals surface area contributed by atoms with Crippen molar-refractivity contribution in [1.82, 2.24) is 0 Å². The van der Waals surface area contributed by atoms with Crippen LogP contribution in [-0.4, -0.2) is 0 Å². The lowest BCUT2D eigenvalue weighted by molar-refractivity contribution is 0.668. The van der Waals surface area contributed by atoms with E-state index in [4.69, 9.17) is 0 Å². The van der Waals surface area contributed by atoms with E-state index in [1.807, 2.05) is 0 Å². The maximum atomic E-state index is 4.31. The zero-order valence-electron chi connectivity index (χ0n) is 7.80. The van der Waals surface area contributed by atoms with Gasteiger partial charge in [-0.3, -0.25) is 0 Å². The number of allylic oxidation sites excluding steroid dienone is 5. The Morgan fingerprint density at radius 2 is 2.33 bits per heavy atom. The molecule has 1 rings (SSSR count). The fourth-order valence-corrected chi connectivity index (χ4v) is 1.55. The second kappa shape index (κ2) is 3.99. The molecule has 1 atom stereocenters. The second-order valence-electron chi connectivity index (χ2n) is 3.61. The highest BCUT2D eigenvalue weighted by molar-refractivity contribution is 7.84. The van der Waals surface area contributed by atoms with Gasteiger partial charge in [0, 0.05) is 0 Å². The Hall–Kier alpha value is -0.430. The van der Waals surface area contributed by atoms with E-state index in [1.165, 1.54) is 16.1 Å². The molecule has 0 radical (unpaired) electrons. The van der Waals surface area contributed by atoms with Gasteiger partial charge < -0.3 is 0 Å². The van der Waals surface area contributed by atoms with Crippen molar-refractivity contribution >= 4 is 12.6 Å². The maximum absolute atomic E-state index is 4.31. The molecule has 1 aliphatic carbocycles. The lowest BCUT2D eigenvalue weighted by Gasteiger charge is -2.11. The predicted molar refractivity (Wildman–Crippen MR) is 58.4 cm³/mol. The topological polar surface area (TPSA) is 0 Å². The van der Waals surface area contributed by atoms with Gasteiger partial charge in [-0.25, -0.2) is 0 Å². The lowest BCUT2D eigenvalue weighted by Crippen LogP contribution is -1.96. The number of rotatable bonds is 3. The first-order chi connectivity index (χ1) is 5.59. The highest BCUT2D eigenvalue weighted by atomic mass is 32.1. The van der Waals surface area contributed by atoms with Gasteiger partial charge in [0.25, 0.3) is 0 Å². The minimum atomic E-state index is 0.601. The van der Waals surface area contributed by atoms with Crippen LogP contribution in [0, 0.1) is 5.92 Å². The Balaban J connectivity index is 2.40. The van der Waals surface area contributed by atoms with E-state index in [9.17, 15) is 0 Å². The quantitative estimate of drug-likeness (QED) is 0.496. The van der Waals surface area contributed by atoms with Crippen LogP contribution < -0.4 is 0 Å². The van der Waals surface area contributed by atoms with Gasteiger partial charge >= 0.3 is 0 Å². The molecular weight excluding hydrogens is 164 g/mol. The van der Waals surface area contributed by atoms with Gasteiger partial charge in [-0.2, -0.15) is 0 Å². The minimum absolute atomic E-state index is 0.601. The summed E-state index contributed by atoms with van der Waals surface area (Å²) in [6.45, 7) is 8.27. The monoisotopic (exact) mass is 180 g/mol. The van der Waals surface area contributed by atoms with Crippen molar-refractivity contribution in [3.05, 3.63) is 34.8 Å². The van der Waals surface area contributed by atoms with E-state index in [0.29, 0.717) is 5.92 Å². The average molecular weight is 180 g/mol. The zero-order chi connectivity index (χ0) is 9.14. The first-order valence-electron chi connectivity index (χ1n) is 4.32.